The van der Waals surface area contributed by atoms with Crippen LogP contribution in [0.1, 0.15) is 38.5 Å². The zero-order valence-corrected chi connectivity index (χ0v) is 6.31. The molecule has 0 saturated carbocycles. The number of rotatable bonds is 7. The second kappa shape index (κ2) is 8.60. The number of hydrogen-bond donors (Lipinski definition) is 0. The Balaban J connectivity index is 2.70. The Morgan fingerprint density at radius 3 is 2.20 bits per heavy atom. The first-order valence-electron chi connectivity index (χ1n) is 3.91. The molecule has 0 atom stereocenters. The van der Waals surface area contributed by atoms with Crippen LogP contribution in [0, 0.1) is 0 Å². The molecule has 1 nitrogen and oxygen atoms in total. The first kappa shape index (κ1) is 9.60. The summed E-state index contributed by atoms with van der Waals surface area (Å²) in [4.78, 5) is 9.83. The molecule has 0 saturated heterocycles. The molecule has 0 aromatic carbocycles. The van der Waals surface area contributed by atoms with E-state index in [2.05, 4.69) is 0 Å². The highest BCUT2D eigenvalue weighted by atomic mass is 19.1. The monoisotopic (exact) mass is 146 g/mol. The van der Waals surface area contributed by atoms with Crippen molar-refractivity contribution in [1.29, 1.82) is 0 Å². The number of alkyl halides is 1. The molecule has 0 heterocycles. The maximum absolute atomic E-state index is 11.5. The minimum absolute atomic E-state index is 0.201. The number of hydrogen-bond acceptors (Lipinski definition) is 1. The fourth-order valence-corrected chi connectivity index (χ4v) is 0.852. The predicted molar refractivity (Wildman–Crippen MR) is 39.7 cm³/mol. The summed E-state index contributed by atoms with van der Waals surface area (Å²) in [7, 11) is 0. The summed E-state index contributed by atoms with van der Waals surface area (Å²) in [5.74, 6) is 0. The van der Waals surface area contributed by atoms with Gasteiger partial charge in [-0.05, 0) is 12.8 Å². The Labute approximate surface area is 61.6 Å². The average Bonchev–Trinajstić information content (AvgIpc) is 1.97. The molecule has 0 aromatic heterocycles. The fraction of sp³-hybridized carbons (Fsp3) is 0.875. The highest BCUT2D eigenvalue weighted by Crippen LogP contribution is 2.03. The van der Waals surface area contributed by atoms with Gasteiger partial charge in [0.05, 0.1) is 6.67 Å². The van der Waals surface area contributed by atoms with E-state index in [4.69, 9.17) is 0 Å². The van der Waals surface area contributed by atoms with Gasteiger partial charge in [-0.3, -0.25) is 4.39 Å². The van der Waals surface area contributed by atoms with Gasteiger partial charge in [-0.25, -0.2) is 0 Å². The van der Waals surface area contributed by atoms with Gasteiger partial charge in [0.1, 0.15) is 6.29 Å². The Morgan fingerprint density at radius 2 is 1.60 bits per heavy atom. The summed E-state index contributed by atoms with van der Waals surface area (Å²) >= 11 is 0. The van der Waals surface area contributed by atoms with Crippen molar-refractivity contribution in [2.24, 2.45) is 0 Å². The van der Waals surface area contributed by atoms with E-state index in [0.29, 0.717) is 12.8 Å². The zero-order chi connectivity index (χ0) is 7.66. The summed E-state index contributed by atoms with van der Waals surface area (Å²) in [5.41, 5.74) is 0. The minimum atomic E-state index is -0.201. The van der Waals surface area contributed by atoms with Crippen molar-refractivity contribution in [3.05, 3.63) is 0 Å². The van der Waals surface area contributed by atoms with Crippen molar-refractivity contribution in [3.8, 4) is 0 Å². The van der Waals surface area contributed by atoms with Gasteiger partial charge in [-0.2, -0.15) is 0 Å². The molecule has 0 spiro atoms. The molecule has 0 fully saturated rings. The first-order valence-corrected chi connectivity index (χ1v) is 3.91. The summed E-state index contributed by atoms with van der Waals surface area (Å²) < 4.78 is 11.5. The molecule has 10 heavy (non-hydrogen) atoms. The van der Waals surface area contributed by atoms with Crippen LogP contribution in [-0.2, 0) is 4.79 Å². The molecule has 0 bridgehead atoms. The van der Waals surface area contributed by atoms with E-state index in [-0.39, 0.29) is 6.67 Å². The van der Waals surface area contributed by atoms with Crippen molar-refractivity contribution in [3.63, 3.8) is 0 Å². The van der Waals surface area contributed by atoms with Gasteiger partial charge >= 0.3 is 0 Å². The lowest BCUT2D eigenvalue weighted by molar-refractivity contribution is -0.107. The molecular weight excluding hydrogens is 131 g/mol. The van der Waals surface area contributed by atoms with E-state index in [0.717, 1.165) is 32.0 Å². The number of carbonyl (C=O) groups is 1. The van der Waals surface area contributed by atoms with Gasteiger partial charge in [0.2, 0.25) is 0 Å². The Morgan fingerprint density at radius 1 is 1.00 bits per heavy atom. The molecule has 60 valence electrons. The van der Waals surface area contributed by atoms with E-state index in [1.807, 2.05) is 0 Å². The van der Waals surface area contributed by atoms with Gasteiger partial charge < -0.3 is 4.79 Å². The van der Waals surface area contributed by atoms with Crippen LogP contribution in [-0.4, -0.2) is 13.0 Å². The second-order valence-electron chi connectivity index (χ2n) is 2.41. The lowest BCUT2D eigenvalue weighted by atomic mass is 10.1. The van der Waals surface area contributed by atoms with Crippen LogP contribution in [0.25, 0.3) is 0 Å². The van der Waals surface area contributed by atoms with E-state index in [9.17, 15) is 9.18 Å². The summed E-state index contributed by atoms with van der Waals surface area (Å²) in [6.07, 6.45) is 6.35. The quantitative estimate of drug-likeness (QED) is 0.398. The SMILES string of the molecule is O=CCCCCCCCF. The number of aldehydes is 1. The summed E-state index contributed by atoms with van der Waals surface area (Å²) in [6.45, 7) is -0.201. The molecule has 0 aromatic rings. The Kier molecular flexibility index (Phi) is 8.26. The normalized spacial score (nSPS) is 9.70. The highest BCUT2D eigenvalue weighted by molar-refractivity contribution is 5.48. The third-order valence-corrected chi connectivity index (χ3v) is 1.46. The maximum atomic E-state index is 11.5. The van der Waals surface area contributed by atoms with E-state index in [1.165, 1.54) is 0 Å². The van der Waals surface area contributed by atoms with Crippen molar-refractivity contribution in [2.45, 2.75) is 38.5 Å². The van der Waals surface area contributed by atoms with Crippen molar-refractivity contribution >= 4 is 6.29 Å². The third-order valence-electron chi connectivity index (χ3n) is 1.46. The van der Waals surface area contributed by atoms with Crippen LogP contribution in [0.3, 0.4) is 0 Å². The summed E-state index contributed by atoms with van der Waals surface area (Å²) in [6, 6.07) is 0. The Hall–Kier alpha value is -0.400. The largest absolute Gasteiger partial charge is 0.303 e. The topological polar surface area (TPSA) is 17.1 Å². The van der Waals surface area contributed by atoms with Crippen LogP contribution < -0.4 is 0 Å². The van der Waals surface area contributed by atoms with Crippen LogP contribution in [0.15, 0.2) is 0 Å². The molecule has 0 unspecified atom stereocenters. The van der Waals surface area contributed by atoms with Gasteiger partial charge in [0, 0.05) is 6.42 Å². The van der Waals surface area contributed by atoms with Crippen LogP contribution in [0.4, 0.5) is 4.39 Å². The second-order valence-corrected chi connectivity index (χ2v) is 2.41. The van der Waals surface area contributed by atoms with Crippen molar-refractivity contribution in [2.75, 3.05) is 6.67 Å². The molecule has 0 radical (unpaired) electrons. The number of carbonyl (C=O) groups excluding carboxylic acids is 1. The van der Waals surface area contributed by atoms with Crippen molar-refractivity contribution < 1.29 is 9.18 Å². The lowest BCUT2D eigenvalue weighted by Gasteiger charge is -1.94. The van der Waals surface area contributed by atoms with Crippen LogP contribution in [0.5, 0.6) is 0 Å². The smallest absolute Gasteiger partial charge is 0.119 e. The number of unbranched alkanes of at least 4 members (excludes halogenated alkanes) is 5. The molecule has 0 aliphatic carbocycles. The fourth-order valence-electron chi connectivity index (χ4n) is 0.852. The molecular formula is C8H15FO. The van der Waals surface area contributed by atoms with Crippen molar-refractivity contribution in [1.82, 2.24) is 0 Å². The molecule has 0 amide bonds. The van der Waals surface area contributed by atoms with E-state index < -0.39 is 0 Å². The average molecular weight is 146 g/mol. The van der Waals surface area contributed by atoms with Gasteiger partial charge in [0.25, 0.3) is 0 Å². The Bertz CT molecular complexity index is 73.7. The molecule has 0 aliphatic rings. The van der Waals surface area contributed by atoms with Gasteiger partial charge in [-0.1, -0.05) is 19.3 Å². The predicted octanol–water partition coefficient (Wildman–Crippen LogP) is 2.50. The zero-order valence-electron chi connectivity index (χ0n) is 6.31. The molecule has 0 aliphatic heterocycles. The van der Waals surface area contributed by atoms with E-state index in [1.54, 1.807) is 0 Å². The molecule has 0 N–H and O–H groups in total. The standard InChI is InChI=1S/C8H15FO/c9-7-5-3-1-2-4-6-8-10/h8H,1-7H2. The third kappa shape index (κ3) is 7.60. The molecule has 0 rings (SSSR count). The lowest BCUT2D eigenvalue weighted by Crippen LogP contribution is -1.81. The van der Waals surface area contributed by atoms with Gasteiger partial charge in [-0.15, -0.1) is 0 Å². The maximum Gasteiger partial charge on any atom is 0.119 e. The number of halogens is 1. The highest BCUT2D eigenvalue weighted by Gasteiger charge is 1.88. The summed E-state index contributed by atoms with van der Waals surface area (Å²) in [5, 5.41) is 0. The van der Waals surface area contributed by atoms with E-state index >= 15 is 0 Å². The van der Waals surface area contributed by atoms with Gasteiger partial charge in [0.15, 0.2) is 0 Å². The molecule has 2 heteroatoms. The van der Waals surface area contributed by atoms with Crippen LogP contribution >= 0.6 is 0 Å². The minimum Gasteiger partial charge on any atom is -0.303 e. The van der Waals surface area contributed by atoms with Crippen LogP contribution in [0.2, 0.25) is 0 Å². The first-order chi connectivity index (χ1) is 4.91.